The molecule has 0 saturated heterocycles. The lowest BCUT2D eigenvalue weighted by molar-refractivity contribution is 0.379. The Kier molecular flexibility index (Phi) is 5.72. The molecule has 0 aliphatic heterocycles. The van der Waals surface area contributed by atoms with E-state index in [1.54, 1.807) is 31.4 Å². The van der Waals surface area contributed by atoms with Gasteiger partial charge in [-0.15, -0.1) is 0 Å². The second-order valence-corrected chi connectivity index (χ2v) is 7.33. The van der Waals surface area contributed by atoms with Crippen LogP contribution in [0.25, 0.3) is 11.4 Å². The van der Waals surface area contributed by atoms with Crippen LogP contribution in [0.3, 0.4) is 0 Å². The zero-order valence-corrected chi connectivity index (χ0v) is 15.7. The number of hydrogen-bond acceptors (Lipinski definition) is 7. The molecular formula is C18H19N3O5S. The average molecular weight is 389 g/mol. The van der Waals surface area contributed by atoms with E-state index in [9.17, 15) is 8.42 Å². The number of methoxy groups -OCH3 is 2. The number of rotatable bonds is 8. The van der Waals surface area contributed by atoms with Crippen LogP contribution < -0.4 is 14.2 Å². The topological polar surface area (TPSA) is 104 Å². The van der Waals surface area contributed by atoms with Gasteiger partial charge in [-0.1, -0.05) is 5.16 Å². The summed E-state index contributed by atoms with van der Waals surface area (Å²) in [5, 5.41) is 3.92. The van der Waals surface area contributed by atoms with Crippen LogP contribution in [0.4, 0.5) is 0 Å². The van der Waals surface area contributed by atoms with Crippen LogP contribution in [0.15, 0.2) is 57.9 Å². The largest absolute Gasteiger partial charge is 0.497 e. The third-order valence-corrected chi connectivity index (χ3v) is 5.29. The highest BCUT2D eigenvalue weighted by molar-refractivity contribution is 7.89. The molecule has 8 nitrogen and oxygen atoms in total. The Morgan fingerprint density at radius 2 is 1.56 bits per heavy atom. The maximum atomic E-state index is 12.3. The number of hydrogen-bond donors (Lipinski definition) is 1. The molecule has 3 aromatic rings. The summed E-state index contributed by atoms with van der Waals surface area (Å²) in [4.78, 5) is 4.44. The predicted octanol–water partition coefficient (Wildman–Crippen LogP) is 2.27. The van der Waals surface area contributed by atoms with Crippen molar-refractivity contribution in [3.05, 3.63) is 54.4 Å². The summed E-state index contributed by atoms with van der Waals surface area (Å²) in [6.45, 7) is 0.138. The van der Waals surface area contributed by atoms with Crippen molar-refractivity contribution in [2.75, 3.05) is 20.8 Å². The zero-order valence-electron chi connectivity index (χ0n) is 14.9. The summed E-state index contributed by atoms with van der Waals surface area (Å²) in [5.41, 5.74) is 0.782. The highest BCUT2D eigenvalue weighted by Gasteiger charge is 2.15. The molecule has 2 aromatic carbocycles. The van der Waals surface area contributed by atoms with Crippen LogP contribution in [0.5, 0.6) is 11.5 Å². The first-order valence-corrected chi connectivity index (χ1v) is 9.61. The van der Waals surface area contributed by atoms with Gasteiger partial charge in [0.05, 0.1) is 19.1 Å². The van der Waals surface area contributed by atoms with Crippen molar-refractivity contribution in [2.24, 2.45) is 0 Å². The molecule has 0 unspecified atom stereocenters. The molecule has 0 radical (unpaired) electrons. The Balaban J connectivity index is 1.59. The van der Waals surface area contributed by atoms with E-state index in [0.717, 1.165) is 11.3 Å². The molecule has 142 valence electrons. The Morgan fingerprint density at radius 1 is 0.963 bits per heavy atom. The zero-order chi connectivity index (χ0) is 19.3. The fourth-order valence-corrected chi connectivity index (χ4v) is 3.38. The SMILES string of the molecule is COc1ccc(-c2noc(CCNS(=O)(=O)c3ccc(OC)cc3)n2)cc1. The van der Waals surface area contributed by atoms with Crippen molar-refractivity contribution in [3.8, 4) is 22.9 Å². The molecule has 9 heteroatoms. The lowest BCUT2D eigenvalue weighted by Gasteiger charge is -2.06. The van der Waals surface area contributed by atoms with Gasteiger partial charge in [-0.3, -0.25) is 0 Å². The van der Waals surface area contributed by atoms with E-state index < -0.39 is 10.0 Å². The van der Waals surface area contributed by atoms with E-state index in [1.165, 1.54) is 19.2 Å². The Labute approximate surface area is 157 Å². The second kappa shape index (κ2) is 8.19. The van der Waals surface area contributed by atoms with Gasteiger partial charge in [0.1, 0.15) is 11.5 Å². The highest BCUT2D eigenvalue weighted by Crippen LogP contribution is 2.20. The summed E-state index contributed by atoms with van der Waals surface area (Å²) in [5.74, 6) is 2.10. The average Bonchev–Trinajstić information content (AvgIpc) is 3.17. The van der Waals surface area contributed by atoms with E-state index in [2.05, 4.69) is 14.9 Å². The standard InChI is InChI=1S/C18H19N3O5S/c1-24-14-5-3-13(4-6-14)18-20-17(26-21-18)11-12-19-27(22,23)16-9-7-15(25-2)8-10-16/h3-10,19H,11-12H2,1-2H3. The molecule has 0 saturated carbocycles. The molecule has 27 heavy (non-hydrogen) atoms. The highest BCUT2D eigenvalue weighted by atomic mass is 32.2. The molecule has 0 atom stereocenters. The van der Waals surface area contributed by atoms with Crippen LogP contribution in [0, 0.1) is 0 Å². The third-order valence-electron chi connectivity index (χ3n) is 3.82. The minimum atomic E-state index is -3.62. The molecule has 3 rings (SSSR count). The van der Waals surface area contributed by atoms with Crippen molar-refractivity contribution >= 4 is 10.0 Å². The molecule has 0 bridgehead atoms. The van der Waals surface area contributed by atoms with Crippen molar-refractivity contribution in [1.82, 2.24) is 14.9 Å². The molecule has 1 aromatic heterocycles. The minimum absolute atomic E-state index is 0.138. The molecule has 1 N–H and O–H groups in total. The fraction of sp³-hybridized carbons (Fsp3) is 0.222. The Hall–Kier alpha value is -2.91. The van der Waals surface area contributed by atoms with Gasteiger partial charge in [-0.25, -0.2) is 13.1 Å². The lowest BCUT2D eigenvalue weighted by Crippen LogP contribution is -2.26. The fourth-order valence-electron chi connectivity index (χ4n) is 2.34. The Morgan fingerprint density at radius 3 is 2.15 bits per heavy atom. The van der Waals surface area contributed by atoms with Crippen molar-refractivity contribution < 1.29 is 22.4 Å². The maximum absolute atomic E-state index is 12.3. The molecule has 0 spiro atoms. The van der Waals surface area contributed by atoms with Crippen LogP contribution in [0.1, 0.15) is 5.89 Å². The van der Waals surface area contributed by atoms with Crippen molar-refractivity contribution in [2.45, 2.75) is 11.3 Å². The molecule has 0 amide bonds. The summed E-state index contributed by atoms with van der Waals surface area (Å²) < 4.78 is 42.4. The van der Waals surface area contributed by atoms with E-state index in [-0.39, 0.29) is 17.9 Å². The molecular weight excluding hydrogens is 370 g/mol. The number of sulfonamides is 1. The van der Waals surface area contributed by atoms with Crippen molar-refractivity contribution in [3.63, 3.8) is 0 Å². The van der Waals surface area contributed by atoms with Gasteiger partial charge in [0.25, 0.3) is 0 Å². The molecule has 0 fully saturated rings. The van der Waals surface area contributed by atoms with E-state index in [4.69, 9.17) is 14.0 Å². The Bertz CT molecular complexity index is 983. The van der Waals surface area contributed by atoms with Crippen LogP contribution >= 0.6 is 0 Å². The predicted molar refractivity (Wildman–Crippen MR) is 98.2 cm³/mol. The van der Waals surface area contributed by atoms with Crippen LogP contribution in [0.2, 0.25) is 0 Å². The summed E-state index contributed by atoms with van der Waals surface area (Å²) in [7, 11) is -0.506. The third kappa shape index (κ3) is 4.63. The quantitative estimate of drug-likeness (QED) is 0.630. The van der Waals surface area contributed by atoms with Gasteiger partial charge in [0, 0.05) is 18.5 Å². The lowest BCUT2D eigenvalue weighted by atomic mass is 10.2. The molecule has 0 aliphatic carbocycles. The van der Waals surface area contributed by atoms with Gasteiger partial charge in [0.2, 0.25) is 21.7 Å². The summed E-state index contributed by atoms with van der Waals surface area (Å²) in [6, 6.07) is 13.4. The number of ether oxygens (including phenoxy) is 2. The van der Waals surface area contributed by atoms with Gasteiger partial charge in [-0.2, -0.15) is 4.98 Å². The molecule has 1 heterocycles. The first kappa shape index (κ1) is 18.9. The van der Waals surface area contributed by atoms with Crippen LogP contribution in [-0.2, 0) is 16.4 Å². The number of benzene rings is 2. The minimum Gasteiger partial charge on any atom is -0.497 e. The van der Waals surface area contributed by atoms with E-state index in [0.29, 0.717) is 17.5 Å². The van der Waals surface area contributed by atoms with Crippen molar-refractivity contribution in [1.29, 1.82) is 0 Å². The normalized spacial score (nSPS) is 11.3. The van der Waals surface area contributed by atoms with E-state index >= 15 is 0 Å². The van der Waals surface area contributed by atoms with Gasteiger partial charge >= 0.3 is 0 Å². The van der Waals surface area contributed by atoms with E-state index in [1.807, 2.05) is 12.1 Å². The van der Waals surface area contributed by atoms with Gasteiger partial charge in [0.15, 0.2) is 0 Å². The maximum Gasteiger partial charge on any atom is 0.240 e. The smallest absolute Gasteiger partial charge is 0.240 e. The first-order valence-electron chi connectivity index (χ1n) is 8.12. The number of aromatic nitrogens is 2. The summed E-state index contributed by atoms with van der Waals surface area (Å²) in [6.07, 6.45) is 0.276. The second-order valence-electron chi connectivity index (χ2n) is 5.56. The number of nitrogens with zero attached hydrogens (tertiary/aromatic N) is 2. The van der Waals surface area contributed by atoms with Gasteiger partial charge < -0.3 is 14.0 Å². The first-order chi connectivity index (χ1) is 13.0. The van der Waals surface area contributed by atoms with Crippen LogP contribution in [-0.4, -0.2) is 39.3 Å². The summed E-state index contributed by atoms with van der Waals surface area (Å²) >= 11 is 0. The monoisotopic (exact) mass is 389 g/mol. The van der Waals surface area contributed by atoms with Gasteiger partial charge in [-0.05, 0) is 48.5 Å². The molecule has 0 aliphatic rings. The number of nitrogens with one attached hydrogen (secondary N) is 1.